The zero-order valence-electron chi connectivity index (χ0n) is 10.4. The standard InChI is InChI=1S/C9H18O6S.K/c1-3-9(2,7-10)8(11)15-5-4-6-16(12,13)14;/h10H,3-7H2,1-2H3,(H,12,13,14);/q;+1/p-1. The van der Waals surface area contributed by atoms with Gasteiger partial charge < -0.3 is 14.4 Å². The van der Waals surface area contributed by atoms with Gasteiger partial charge in [-0.3, -0.25) is 4.79 Å². The van der Waals surface area contributed by atoms with Crippen LogP contribution in [0.2, 0.25) is 0 Å². The molecule has 0 aliphatic heterocycles. The van der Waals surface area contributed by atoms with Crippen molar-refractivity contribution in [2.24, 2.45) is 5.41 Å². The number of ether oxygens (including phenoxy) is 1. The first-order chi connectivity index (χ1) is 7.25. The fourth-order valence-electron chi connectivity index (χ4n) is 0.895. The van der Waals surface area contributed by atoms with Crippen molar-refractivity contribution in [3.63, 3.8) is 0 Å². The van der Waals surface area contributed by atoms with E-state index in [2.05, 4.69) is 0 Å². The zero-order chi connectivity index (χ0) is 12.8. The van der Waals surface area contributed by atoms with E-state index in [-0.39, 0.29) is 71.0 Å². The first kappa shape index (κ1) is 20.3. The van der Waals surface area contributed by atoms with Crippen LogP contribution in [0.15, 0.2) is 0 Å². The molecule has 17 heavy (non-hydrogen) atoms. The molecule has 1 unspecified atom stereocenters. The maximum atomic E-state index is 11.4. The SMILES string of the molecule is CCC(C)(CO)C(=O)OCCCS(=O)(=O)[O-].[K+]. The van der Waals surface area contributed by atoms with E-state index in [1.165, 1.54) is 0 Å². The van der Waals surface area contributed by atoms with E-state index in [4.69, 9.17) is 9.84 Å². The molecule has 0 rings (SSSR count). The van der Waals surface area contributed by atoms with Crippen LogP contribution in [0.5, 0.6) is 0 Å². The number of aliphatic hydroxyl groups excluding tert-OH is 1. The van der Waals surface area contributed by atoms with Gasteiger partial charge in [0.1, 0.15) is 0 Å². The van der Waals surface area contributed by atoms with Crippen LogP contribution in [0.4, 0.5) is 0 Å². The van der Waals surface area contributed by atoms with Crippen molar-refractivity contribution in [2.75, 3.05) is 19.0 Å². The summed E-state index contributed by atoms with van der Waals surface area (Å²) < 4.78 is 35.5. The number of esters is 1. The van der Waals surface area contributed by atoms with Crippen molar-refractivity contribution in [1.29, 1.82) is 0 Å². The Morgan fingerprint density at radius 2 is 2.00 bits per heavy atom. The predicted octanol–water partition coefficient (Wildman–Crippen LogP) is -3.12. The summed E-state index contributed by atoms with van der Waals surface area (Å²) in [5.41, 5.74) is -0.962. The number of rotatable bonds is 7. The van der Waals surface area contributed by atoms with E-state index < -0.39 is 27.3 Å². The molecule has 96 valence electrons. The third kappa shape index (κ3) is 8.65. The molecule has 0 spiro atoms. The molecule has 1 N–H and O–H groups in total. The van der Waals surface area contributed by atoms with E-state index >= 15 is 0 Å². The molecule has 0 bridgehead atoms. The van der Waals surface area contributed by atoms with Gasteiger partial charge in [-0.05, 0) is 19.8 Å². The van der Waals surface area contributed by atoms with Crippen LogP contribution in [0.25, 0.3) is 0 Å². The van der Waals surface area contributed by atoms with Crippen molar-refractivity contribution in [3.05, 3.63) is 0 Å². The molecule has 0 aliphatic carbocycles. The molecule has 0 aromatic carbocycles. The second-order valence-electron chi connectivity index (χ2n) is 3.82. The van der Waals surface area contributed by atoms with Gasteiger partial charge in [-0.2, -0.15) is 0 Å². The number of hydrogen-bond acceptors (Lipinski definition) is 6. The number of aliphatic hydroxyl groups is 1. The molecule has 0 saturated heterocycles. The van der Waals surface area contributed by atoms with Gasteiger partial charge in [0.15, 0.2) is 0 Å². The monoisotopic (exact) mass is 292 g/mol. The fourth-order valence-corrected chi connectivity index (χ4v) is 1.37. The Morgan fingerprint density at radius 3 is 2.35 bits per heavy atom. The van der Waals surface area contributed by atoms with Crippen LogP contribution in [0, 0.1) is 5.41 Å². The van der Waals surface area contributed by atoms with Gasteiger partial charge in [-0.15, -0.1) is 0 Å². The Labute approximate surface area is 144 Å². The van der Waals surface area contributed by atoms with E-state index in [1.54, 1.807) is 13.8 Å². The molecule has 0 aromatic rings. The molecule has 8 heteroatoms. The van der Waals surface area contributed by atoms with E-state index in [9.17, 15) is 17.8 Å². The van der Waals surface area contributed by atoms with Crippen LogP contribution >= 0.6 is 0 Å². The van der Waals surface area contributed by atoms with Crippen LogP contribution in [0.3, 0.4) is 0 Å². The molecule has 0 fully saturated rings. The largest absolute Gasteiger partial charge is 1.00 e. The maximum Gasteiger partial charge on any atom is 1.00 e. The Bertz CT molecular complexity index is 322. The van der Waals surface area contributed by atoms with Crippen molar-refractivity contribution in [2.45, 2.75) is 26.7 Å². The van der Waals surface area contributed by atoms with Gasteiger partial charge in [-0.1, -0.05) is 6.92 Å². The summed E-state index contributed by atoms with van der Waals surface area (Å²) in [5.74, 6) is -1.14. The third-order valence-corrected chi connectivity index (χ3v) is 3.18. The quantitative estimate of drug-likeness (QED) is 0.230. The van der Waals surface area contributed by atoms with E-state index in [1.807, 2.05) is 0 Å². The van der Waals surface area contributed by atoms with Gasteiger partial charge in [0, 0.05) is 5.75 Å². The second-order valence-corrected chi connectivity index (χ2v) is 5.35. The molecular weight excluding hydrogens is 275 g/mol. The fraction of sp³-hybridized carbons (Fsp3) is 0.889. The minimum absolute atomic E-state index is 0. The van der Waals surface area contributed by atoms with Crippen LogP contribution in [-0.2, 0) is 19.6 Å². The maximum absolute atomic E-state index is 11.4. The van der Waals surface area contributed by atoms with Gasteiger partial charge in [0.05, 0.1) is 28.7 Å². The normalized spacial score (nSPS) is 14.6. The summed E-state index contributed by atoms with van der Waals surface area (Å²) in [4.78, 5) is 11.4. The molecular formula is C9H17KO6S. The summed E-state index contributed by atoms with van der Waals surface area (Å²) in [7, 11) is -4.26. The van der Waals surface area contributed by atoms with E-state index in [0.29, 0.717) is 6.42 Å². The second kappa shape index (κ2) is 8.97. The summed E-state index contributed by atoms with van der Waals surface area (Å²) in [6.45, 7) is 2.83. The van der Waals surface area contributed by atoms with Crippen LogP contribution in [-0.4, -0.2) is 43.0 Å². The molecule has 0 saturated carbocycles. The van der Waals surface area contributed by atoms with Crippen molar-refractivity contribution in [1.82, 2.24) is 0 Å². The van der Waals surface area contributed by atoms with Gasteiger partial charge in [0.25, 0.3) is 0 Å². The molecule has 0 heterocycles. The number of carbonyl (C=O) groups is 1. The number of carbonyl (C=O) groups excluding carboxylic acids is 1. The molecule has 6 nitrogen and oxygen atoms in total. The Hall–Kier alpha value is 0.976. The topological polar surface area (TPSA) is 104 Å². The van der Waals surface area contributed by atoms with Crippen molar-refractivity contribution in [3.8, 4) is 0 Å². The predicted molar refractivity (Wildman–Crippen MR) is 55.6 cm³/mol. The van der Waals surface area contributed by atoms with Crippen LogP contribution < -0.4 is 51.4 Å². The first-order valence-corrected chi connectivity index (χ1v) is 6.54. The first-order valence-electron chi connectivity index (χ1n) is 4.97. The van der Waals surface area contributed by atoms with Crippen molar-refractivity contribution < 1.29 is 79.0 Å². The average Bonchev–Trinajstić information content (AvgIpc) is 2.21. The number of hydrogen-bond donors (Lipinski definition) is 1. The minimum Gasteiger partial charge on any atom is -0.748 e. The van der Waals surface area contributed by atoms with Crippen LogP contribution in [0.1, 0.15) is 26.7 Å². The Kier molecular flexibility index (Phi) is 10.7. The van der Waals surface area contributed by atoms with Crippen molar-refractivity contribution >= 4 is 16.1 Å². The Morgan fingerprint density at radius 1 is 1.47 bits per heavy atom. The van der Waals surface area contributed by atoms with Gasteiger partial charge >= 0.3 is 57.4 Å². The molecule has 0 aliphatic rings. The smallest absolute Gasteiger partial charge is 0.748 e. The van der Waals surface area contributed by atoms with Gasteiger partial charge in [-0.25, -0.2) is 8.42 Å². The molecule has 0 radical (unpaired) electrons. The minimum atomic E-state index is -4.26. The summed E-state index contributed by atoms with van der Waals surface area (Å²) >= 11 is 0. The molecule has 0 amide bonds. The Balaban J connectivity index is 0. The van der Waals surface area contributed by atoms with Gasteiger partial charge in [0.2, 0.25) is 0 Å². The molecule has 0 aromatic heterocycles. The summed E-state index contributed by atoms with van der Waals surface area (Å²) in [5, 5.41) is 8.99. The zero-order valence-corrected chi connectivity index (χ0v) is 14.4. The average molecular weight is 292 g/mol. The third-order valence-electron chi connectivity index (χ3n) is 2.39. The summed E-state index contributed by atoms with van der Waals surface area (Å²) in [6.07, 6.45) is 0.394. The van der Waals surface area contributed by atoms with E-state index in [0.717, 1.165) is 0 Å². The molecule has 1 atom stereocenters. The summed E-state index contributed by atoms with van der Waals surface area (Å²) in [6, 6.07) is 0.